The number of nitrogens with zero attached hydrogens (tertiary/aromatic N) is 4. The Labute approximate surface area is 140 Å². The largest absolute Gasteiger partial charge is 0.354 e. The fourth-order valence-corrected chi connectivity index (χ4v) is 2.26. The van der Waals surface area contributed by atoms with Crippen molar-refractivity contribution < 1.29 is 0 Å². The maximum atomic E-state index is 5.88. The summed E-state index contributed by atoms with van der Waals surface area (Å²) in [6, 6.07) is 17.6. The number of aromatic nitrogens is 3. The summed E-state index contributed by atoms with van der Waals surface area (Å²) < 4.78 is 0. The first-order valence-electron chi connectivity index (χ1n) is 7.18. The Kier molecular flexibility index (Phi) is 4.68. The number of nitrogens with one attached hydrogen (secondary N) is 1. The first kappa shape index (κ1) is 15.2. The van der Waals surface area contributed by atoms with E-state index < -0.39 is 0 Å². The van der Waals surface area contributed by atoms with Crippen LogP contribution in [0.4, 0.5) is 17.5 Å². The Balaban J connectivity index is 1.72. The SMILES string of the molecule is CN(Cc1ccccc1)c1cnnc(Nc2ccc(Cl)cc2)n1. The number of rotatable bonds is 5. The minimum absolute atomic E-state index is 0.449. The molecule has 1 N–H and O–H groups in total. The van der Waals surface area contributed by atoms with Crippen LogP contribution in [0, 0.1) is 0 Å². The van der Waals surface area contributed by atoms with Crippen LogP contribution in [0.25, 0.3) is 0 Å². The second-order valence-electron chi connectivity index (χ2n) is 5.11. The van der Waals surface area contributed by atoms with Crippen LogP contribution in [-0.2, 0) is 6.54 Å². The van der Waals surface area contributed by atoms with Crippen molar-refractivity contribution in [3.63, 3.8) is 0 Å². The van der Waals surface area contributed by atoms with E-state index in [1.165, 1.54) is 5.56 Å². The standard InChI is InChI=1S/C17H16ClN5/c1-23(12-13-5-3-2-4-6-13)16-11-19-22-17(21-16)20-15-9-7-14(18)8-10-15/h2-11H,12H2,1H3,(H,20,21,22). The van der Waals surface area contributed by atoms with E-state index in [0.29, 0.717) is 11.0 Å². The molecule has 23 heavy (non-hydrogen) atoms. The molecule has 0 aliphatic carbocycles. The molecular weight excluding hydrogens is 310 g/mol. The highest BCUT2D eigenvalue weighted by atomic mass is 35.5. The number of anilines is 3. The van der Waals surface area contributed by atoms with Gasteiger partial charge in [-0.1, -0.05) is 41.9 Å². The molecule has 0 bridgehead atoms. The van der Waals surface area contributed by atoms with Gasteiger partial charge in [-0.05, 0) is 29.8 Å². The van der Waals surface area contributed by atoms with Crippen molar-refractivity contribution in [2.45, 2.75) is 6.54 Å². The van der Waals surface area contributed by atoms with E-state index in [2.05, 4.69) is 32.6 Å². The predicted octanol–water partition coefficient (Wildman–Crippen LogP) is 3.91. The summed E-state index contributed by atoms with van der Waals surface area (Å²) in [6.45, 7) is 0.750. The molecule has 2 aromatic carbocycles. The zero-order valence-corrected chi connectivity index (χ0v) is 13.4. The molecule has 0 saturated heterocycles. The lowest BCUT2D eigenvalue weighted by atomic mass is 10.2. The normalized spacial score (nSPS) is 10.3. The number of hydrogen-bond donors (Lipinski definition) is 1. The van der Waals surface area contributed by atoms with Gasteiger partial charge in [-0.15, -0.1) is 5.10 Å². The monoisotopic (exact) mass is 325 g/mol. The minimum Gasteiger partial charge on any atom is -0.354 e. The smallest absolute Gasteiger partial charge is 0.249 e. The van der Waals surface area contributed by atoms with Gasteiger partial charge in [-0.3, -0.25) is 0 Å². The fourth-order valence-electron chi connectivity index (χ4n) is 2.13. The maximum Gasteiger partial charge on any atom is 0.249 e. The third-order valence-electron chi connectivity index (χ3n) is 3.30. The van der Waals surface area contributed by atoms with Gasteiger partial charge in [0.15, 0.2) is 5.82 Å². The Morgan fingerprint density at radius 3 is 2.52 bits per heavy atom. The van der Waals surface area contributed by atoms with E-state index in [0.717, 1.165) is 18.1 Å². The molecule has 0 atom stereocenters. The summed E-state index contributed by atoms with van der Waals surface area (Å²) in [5.41, 5.74) is 2.07. The maximum absolute atomic E-state index is 5.88. The van der Waals surface area contributed by atoms with E-state index in [1.807, 2.05) is 54.4 Å². The quantitative estimate of drug-likeness (QED) is 0.771. The summed E-state index contributed by atoms with van der Waals surface area (Å²) in [5.74, 6) is 1.20. The second-order valence-corrected chi connectivity index (χ2v) is 5.55. The van der Waals surface area contributed by atoms with Gasteiger partial charge in [0.05, 0.1) is 6.20 Å². The highest BCUT2D eigenvalue weighted by Gasteiger charge is 2.07. The predicted molar refractivity (Wildman–Crippen MR) is 93.1 cm³/mol. The van der Waals surface area contributed by atoms with Crippen molar-refractivity contribution in [2.24, 2.45) is 0 Å². The Morgan fingerprint density at radius 2 is 1.78 bits per heavy atom. The number of halogens is 1. The number of hydrogen-bond acceptors (Lipinski definition) is 5. The van der Waals surface area contributed by atoms with Crippen molar-refractivity contribution in [2.75, 3.05) is 17.3 Å². The first-order chi connectivity index (χ1) is 11.2. The molecule has 5 nitrogen and oxygen atoms in total. The summed E-state index contributed by atoms with van der Waals surface area (Å²) in [7, 11) is 1.98. The molecule has 3 aromatic rings. The minimum atomic E-state index is 0.449. The lowest BCUT2D eigenvalue weighted by Gasteiger charge is -2.18. The van der Waals surface area contributed by atoms with Crippen molar-refractivity contribution in [1.29, 1.82) is 0 Å². The van der Waals surface area contributed by atoms with Crippen LogP contribution in [0.3, 0.4) is 0 Å². The summed E-state index contributed by atoms with van der Waals surface area (Å²) >= 11 is 5.88. The van der Waals surface area contributed by atoms with Gasteiger partial charge in [0.1, 0.15) is 0 Å². The van der Waals surface area contributed by atoms with E-state index in [9.17, 15) is 0 Å². The van der Waals surface area contributed by atoms with Crippen molar-refractivity contribution in [1.82, 2.24) is 15.2 Å². The van der Waals surface area contributed by atoms with Gasteiger partial charge < -0.3 is 10.2 Å². The molecule has 0 amide bonds. The summed E-state index contributed by atoms with van der Waals surface area (Å²) in [6.07, 6.45) is 1.65. The third-order valence-corrected chi connectivity index (χ3v) is 3.55. The Hall–Kier alpha value is -2.66. The van der Waals surface area contributed by atoms with Crippen LogP contribution in [0.5, 0.6) is 0 Å². The third kappa shape index (κ3) is 4.17. The molecule has 116 valence electrons. The van der Waals surface area contributed by atoms with Crippen molar-refractivity contribution >= 4 is 29.1 Å². The molecule has 0 spiro atoms. The fraction of sp³-hybridized carbons (Fsp3) is 0.118. The van der Waals surface area contributed by atoms with E-state index in [1.54, 1.807) is 6.20 Å². The van der Waals surface area contributed by atoms with Gasteiger partial charge in [0.25, 0.3) is 0 Å². The summed E-state index contributed by atoms with van der Waals surface area (Å²) in [4.78, 5) is 6.52. The molecule has 0 saturated carbocycles. The van der Waals surface area contributed by atoms with Crippen molar-refractivity contribution in [3.05, 3.63) is 71.4 Å². The second kappa shape index (κ2) is 7.07. The van der Waals surface area contributed by atoms with Gasteiger partial charge in [0.2, 0.25) is 5.95 Å². The van der Waals surface area contributed by atoms with Crippen LogP contribution < -0.4 is 10.2 Å². The molecule has 1 heterocycles. The average molecular weight is 326 g/mol. The highest BCUT2D eigenvalue weighted by Crippen LogP contribution is 2.18. The molecule has 0 aliphatic heterocycles. The molecule has 0 radical (unpaired) electrons. The Morgan fingerprint density at radius 1 is 1.04 bits per heavy atom. The zero-order chi connectivity index (χ0) is 16.1. The highest BCUT2D eigenvalue weighted by molar-refractivity contribution is 6.30. The van der Waals surface area contributed by atoms with Gasteiger partial charge >= 0.3 is 0 Å². The van der Waals surface area contributed by atoms with E-state index in [4.69, 9.17) is 11.6 Å². The molecule has 6 heteroatoms. The summed E-state index contributed by atoms with van der Waals surface area (Å²) in [5, 5.41) is 11.8. The van der Waals surface area contributed by atoms with Crippen LogP contribution >= 0.6 is 11.6 Å². The van der Waals surface area contributed by atoms with E-state index in [-0.39, 0.29) is 0 Å². The average Bonchev–Trinajstić information content (AvgIpc) is 2.58. The lowest BCUT2D eigenvalue weighted by Crippen LogP contribution is -2.18. The zero-order valence-electron chi connectivity index (χ0n) is 12.6. The molecular formula is C17H16ClN5. The van der Waals surface area contributed by atoms with E-state index >= 15 is 0 Å². The number of benzene rings is 2. The molecule has 1 aromatic heterocycles. The molecule has 0 aliphatic rings. The van der Waals surface area contributed by atoms with Crippen LogP contribution in [0.2, 0.25) is 5.02 Å². The first-order valence-corrected chi connectivity index (χ1v) is 7.56. The van der Waals surface area contributed by atoms with Crippen LogP contribution in [0.15, 0.2) is 60.8 Å². The molecule has 0 unspecified atom stereocenters. The molecule has 0 fully saturated rings. The topological polar surface area (TPSA) is 53.9 Å². The van der Waals surface area contributed by atoms with Crippen molar-refractivity contribution in [3.8, 4) is 0 Å². The van der Waals surface area contributed by atoms with Gasteiger partial charge in [-0.25, -0.2) is 0 Å². The lowest BCUT2D eigenvalue weighted by molar-refractivity contribution is 0.866. The van der Waals surface area contributed by atoms with Gasteiger partial charge in [0, 0.05) is 24.3 Å². The van der Waals surface area contributed by atoms with Gasteiger partial charge in [-0.2, -0.15) is 10.1 Å². The Bertz CT molecular complexity index is 761. The van der Waals surface area contributed by atoms with Crippen LogP contribution in [0.1, 0.15) is 5.56 Å². The van der Waals surface area contributed by atoms with Crippen LogP contribution in [-0.4, -0.2) is 22.2 Å². The molecule has 3 rings (SSSR count).